The molecule has 0 aliphatic rings. The van der Waals surface area contributed by atoms with Gasteiger partial charge in [-0.3, -0.25) is 4.79 Å². The first kappa shape index (κ1) is 19.9. The molecule has 0 radical (unpaired) electrons. The van der Waals surface area contributed by atoms with E-state index in [1.807, 2.05) is 25.1 Å². The third kappa shape index (κ3) is 4.81. The molecular formula is C19H14Br2N2O3. The van der Waals surface area contributed by atoms with Gasteiger partial charge in [0.2, 0.25) is 0 Å². The predicted molar refractivity (Wildman–Crippen MR) is 107 cm³/mol. The number of nitrogens with zero attached hydrogens (tertiary/aromatic N) is 1. The number of halogens is 2. The Balaban J connectivity index is 2.25. The first-order chi connectivity index (χ1) is 12.3. The number of nitrogens with one attached hydrogen (secondary N) is 1. The van der Waals surface area contributed by atoms with Crippen LogP contribution in [0.4, 0.5) is 5.69 Å². The summed E-state index contributed by atoms with van der Waals surface area (Å²) >= 11 is 6.80. The predicted octanol–water partition coefficient (Wildman–Crippen LogP) is 4.85. The van der Waals surface area contributed by atoms with Crippen molar-refractivity contribution in [3.05, 3.63) is 67.6 Å². The van der Waals surface area contributed by atoms with Crippen molar-refractivity contribution in [2.75, 3.05) is 12.4 Å². The quantitative estimate of drug-likeness (QED) is 0.387. The SMILES string of the molecule is COC(=O)c1ccc(/C=C(\C#N)C(=O)Nc2c(Br)cc(C)cc2Br)cc1. The zero-order chi connectivity index (χ0) is 19.3. The van der Waals surface area contributed by atoms with E-state index in [2.05, 4.69) is 41.9 Å². The number of hydrogen-bond donors (Lipinski definition) is 1. The number of nitriles is 1. The van der Waals surface area contributed by atoms with Gasteiger partial charge in [-0.25, -0.2) is 4.79 Å². The number of amides is 1. The second-order valence-corrected chi connectivity index (χ2v) is 7.05. The molecule has 1 N–H and O–H groups in total. The maximum atomic E-state index is 12.4. The van der Waals surface area contributed by atoms with Crippen molar-refractivity contribution in [2.45, 2.75) is 6.92 Å². The molecular weight excluding hydrogens is 464 g/mol. The lowest BCUT2D eigenvalue weighted by Crippen LogP contribution is -2.14. The van der Waals surface area contributed by atoms with Gasteiger partial charge < -0.3 is 10.1 Å². The zero-order valence-electron chi connectivity index (χ0n) is 14.0. The molecule has 0 heterocycles. The van der Waals surface area contributed by atoms with Gasteiger partial charge in [-0.05, 0) is 80.3 Å². The highest BCUT2D eigenvalue weighted by Gasteiger charge is 2.14. The number of ether oxygens (including phenoxy) is 1. The van der Waals surface area contributed by atoms with Gasteiger partial charge >= 0.3 is 5.97 Å². The van der Waals surface area contributed by atoms with E-state index in [1.165, 1.54) is 13.2 Å². The Bertz CT molecular complexity index is 906. The Labute approximate surface area is 167 Å². The Morgan fingerprint density at radius 2 is 1.73 bits per heavy atom. The maximum Gasteiger partial charge on any atom is 0.337 e. The van der Waals surface area contributed by atoms with Gasteiger partial charge in [0.25, 0.3) is 5.91 Å². The van der Waals surface area contributed by atoms with Crippen LogP contribution in [0.5, 0.6) is 0 Å². The summed E-state index contributed by atoms with van der Waals surface area (Å²) < 4.78 is 6.05. The lowest BCUT2D eigenvalue weighted by atomic mass is 10.1. The summed E-state index contributed by atoms with van der Waals surface area (Å²) in [7, 11) is 1.30. The third-order valence-corrected chi connectivity index (χ3v) is 4.68. The number of aryl methyl sites for hydroxylation is 1. The number of hydrogen-bond acceptors (Lipinski definition) is 4. The van der Waals surface area contributed by atoms with Crippen molar-refractivity contribution in [1.29, 1.82) is 5.26 Å². The molecule has 2 aromatic rings. The fourth-order valence-electron chi connectivity index (χ4n) is 2.15. The van der Waals surface area contributed by atoms with Crippen LogP contribution in [-0.2, 0) is 9.53 Å². The van der Waals surface area contributed by atoms with Crippen molar-refractivity contribution in [2.24, 2.45) is 0 Å². The summed E-state index contributed by atoms with van der Waals surface area (Å²) in [5.74, 6) is -0.984. The topological polar surface area (TPSA) is 79.2 Å². The second kappa shape index (κ2) is 8.79. The third-order valence-electron chi connectivity index (χ3n) is 3.43. The van der Waals surface area contributed by atoms with Crippen LogP contribution in [-0.4, -0.2) is 19.0 Å². The lowest BCUT2D eigenvalue weighted by molar-refractivity contribution is -0.112. The van der Waals surface area contributed by atoms with Gasteiger partial charge in [0.15, 0.2) is 0 Å². The molecule has 0 saturated heterocycles. The molecule has 0 spiro atoms. The minimum Gasteiger partial charge on any atom is -0.465 e. The van der Waals surface area contributed by atoms with E-state index in [1.54, 1.807) is 24.3 Å². The van der Waals surface area contributed by atoms with Crippen molar-refractivity contribution in [3.63, 3.8) is 0 Å². The lowest BCUT2D eigenvalue weighted by Gasteiger charge is -2.10. The molecule has 0 saturated carbocycles. The maximum absolute atomic E-state index is 12.4. The van der Waals surface area contributed by atoms with Crippen LogP contribution < -0.4 is 5.32 Å². The molecule has 2 aromatic carbocycles. The largest absolute Gasteiger partial charge is 0.465 e. The normalized spacial score (nSPS) is 10.8. The first-order valence-electron chi connectivity index (χ1n) is 7.43. The van der Waals surface area contributed by atoms with Crippen LogP contribution in [0.1, 0.15) is 21.5 Å². The zero-order valence-corrected chi connectivity index (χ0v) is 17.1. The summed E-state index contributed by atoms with van der Waals surface area (Å²) in [6.45, 7) is 1.93. The van der Waals surface area contributed by atoms with Gasteiger partial charge in [-0.2, -0.15) is 5.26 Å². The summed E-state index contributed by atoms with van der Waals surface area (Å²) in [5, 5.41) is 12.0. The average Bonchev–Trinajstić information content (AvgIpc) is 2.62. The van der Waals surface area contributed by atoms with E-state index in [0.717, 1.165) is 5.56 Å². The van der Waals surface area contributed by atoms with E-state index >= 15 is 0 Å². The molecule has 7 heteroatoms. The summed E-state index contributed by atoms with van der Waals surface area (Å²) in [6.07, 6.45) is 1.45. The Hall–Kier alpha value is -2.43. The van der Waals surface area contributed by atoms with Crippen LogP contribution in [0.3, 0.4) is 0 Å². The first-order valence-corrected chi connectivity index (χ1v) is 9.01. The number of carbonyl (C=O) groups is 2. The van der Waals surface area contributed by atoms with Crippen LogP contribution in [0.2, 0.25) is 0 Å². The number of anilines is 1. The van der Waals surface area contributed by atoms with E-state index in [0.29, 0.717) is 25.8 Å². The van der Waals surface area contributed by atoms with Gasteiger partial charge in [-0.15, -0.1) is 0 Å². The fraction of sp³-hybridized carbons (Fsp3) is 0.105. The van der Waals surface area contributed by atoms with Crippen LogP contribution in [0, 0.1) is 18.3 Å². The number of methoxy groups -OCH3 is 1. The molecule has 0 bridgehead atoms. The fourth-order valence-corrected chi connectivity index (χ4v) is 3.76. The Kier molecular flexibility index (Phi) is 6.72. The second-order valence-electron chi connectivity index (χ2n) is 5.34. The number of esters is 1. The van der Waals surface area contributed by atoms with Crippen molar-refractivity contribution >= 4 is 55.5 Å². The molecule has 1 amide bonds. The monoisotopic (exact) mass is 476 g/mol. The summed E-state index contributed by atoms with van der Waals surface area (Å²) in [5.41, 5.74) is 2.51. The van der Waals surface area contributed by atoms with Gasteiger partial charge in [-0.1, -0.05) is 12.1 Å². The highest BCUT2D eigenvalue weighted by atomic mass is 79.9. The van der Waals surface area contributed by atoms with E-state index in [4.69, 9.17) is 0 Å². The molecule has 2 rings (SSSR count). The van der Waals surface area contributed by atoms with Crippen molar-refractivity contribution < 1.29 is 14.3 Å². The minimum absolute atomic E-state index is 0.0600. The smallest absolute Gasteiger partial charge is 0.337 e. The van der Waals surface area contributed by atoms with Crippen molar-refractivity contribution in [3.8, 4) is 6.07 Å². The average molecular weight is 478 g/mol. The molecule has 26 heavy (non-hydrogen) atoms. The molecule has 0 atom stereocenters. The van der Waals surface area contributed by atoms with Crippen LogP contribution in [0.25, 0.3) is 6.08 Å². The molecule has 0 fully saturated rings. The number of rotatable bonds is 4. The standard InChI is InChI=1S/C19H14Br2N2O3/c1-11-7-15(20)17(16(21)8-11)23-18(24)14(10-22)9-12-3-5-13(6-4-12)19(25)26-2/h3-9H,1-2H3,(H,23,24)/b14-9+. The summed E-state index contributed by atoms with van der Waals surface area (Å²) in [6, 6.07) is 12.0. The van der Waals surface area contributed by atoms with Crippen LogP contribution in [0.15, 0.2) is 50.9 Å². The number of carbonyl (C=O) groups excluding carboxylic acids is 2. The minimum atomic E-state index is -0.533. The molecule has 0 unspecified atom stereocenters. The van der Waals surface area contributed by atoms with Gasteiger partial charge in [0.05, 0.1) is 18.4 Å². The highest BCUT2D eigenvalue weighted by molar-refractivity contribution is 9.11. The number of benzene rings is 2. The molecule has 0 aromatic heterocycles. The van der Waals surface area contributed by atoms with E-state index in [-0.39, 0.29) is 5.57 Å². The summed E-state index contributed by atoms with van der Waals surface area (Å²) in [4.78, 5) is 23.9. The highest BCUT2D eigenvalue weighted by Crippen LogP contribution is 2.32. The Morgan fingerprint density at radius 3 is 2.23 bits per heavy atom. The van der Waals surface area contributed by atoms with E-state index < -0.39 is 11.9 Å². The molecule has 5 nitrogen and oxygen atoms in total. The molecule has 0 aliphatic heterocycles. The molecule has 132 valence electrons. The van der Waals surface area contributed by atoms with Gasteiger partial charge in [0.1, 0.15) is 11.6 Å². The van der Waals surface area contributed by atoms with E-state index in [9.17, 15) is 14.9 Å². The van der Waals surface area contributed by atoms with Crippen LogP contribution >= 0.6 is 31.9 Å². The Morgan fingerprint density at radius 1 is 1.15 bits per heavy atom. The van der Waals surface area contributed by atoms with Gasteiger partial charge in [0, 0.05) is 8.95 Å². The van der Waals surface area contributed by atoms with Crippen molar-refractivity contribution in [1.82, 2.24) is 0 Å². The molecule has 0 aliphatic carbocycles.